The Kier molecular flexibility index (Phi) is 16.9. The minimum atomic E-state index is -0.837. The molecule has 16 nitrogen and oxygen atoms in total. The van der Waals surface area contributed by atoms with Crippen LogP contribution in [-0.2, 0) is 51.2 Å². The van der Waals surface area contributed by atoms with E-state index in [1.54, 1.807) is 59.1 Å². The maximum absolute atomic E-state index is 13.4. The molecule has 0 saturated heterocycles. The van der Waals surface area contributed by atoms with Crippen molar-refractivity contribution in [3.63, 3.8) is 0 Å². The molecule has 1 heterocycles. The zero-order valence-corrected chi connectivity index (χ0v) is 27.5. The second kappa shape index (κ2) is 20.6. The highest BCUT2D eigenvalue weighted by Gasteiger charge is 2.26. The number of hydrogen-bond donors (Lipinski definition) is 2. The first-order valence-electron chi connectivity index (χ1n) is 15.0. The van der Waals surface area contributed by atoms with Crippen LogP contribution < -0.4 is 16.3 Å². The number of benzene rings is 1. The lowest BCUT2D eigenvalue weighted by Crippen LogP contribution is -2.51. The molecule has 47 heavy (non-hydrogen) atoms. The predicted octanol–water partition coefficient (Wildman–Crippen LogP) is 1.96. The van der Waals surface area contributed by atoms with E-state index in [-0.39, 0.29) is 45.4 Å². The van der Waals surface area contributed by atoms with Gasteiger partial charge in [-0.05, 0) is 39.3 Å². The Morgan fingerprint density at radius 1 is 0.957 bits per heavy atom. The molecule has 0 spiro atoms. The Morgan fingerprint density at radius 3 is 2.32 bits per heavy atom. The first kappa shape index (κ1) is 38.6. The third-order valence-corrected chi connectivity index (χ3v) is 5.89. The molecule has 0 fully saturated rings. The summed E-state index contributed by atoms with van der Waals surface area (Å²) in [4.78, 5) is 68.3. The van der Waals surface area contributed by atoms with Crippen LogP contribution in [0.3, 0.4) is 0 Å². The van der Waals surface area contributed by atoms with Crippen LogP contribution in [0.1, 0.15) is 33.3 Å². The van der Waals surface area contributed by atoms with Crippen molar-refractivity contribution in [1.29, 1.82) is 0 Å². The van der Waals surface area contributed by atoms with Gasteiger partial charge in [-0.1, -0.05) is 30.3 Å². The molecule has 0 aliphatic heterocycles. The number of esters is 1. The third kappa shape index (κ3) is 16.5. The number of nitrogens with one attached hydrogen (secondary N) is 2. The van der Waals surface area contributed by atoms with Crippen molar-refractivity contribution in [3.05, 3.63) is 58.6 Å². The summed E-state index contributed by atoms with van der Waals surface area (Å²) in [5.41, 5.74) is -0.853. The van der Waals surface area contributed by atoms with E-state index in [0.29, 0.717) is 13.2 Å². The van der Waals surface area contributed by atoms with Gasteiger partial charge in [0.15, 0.2) is 0 Å². The van der Waals surface area contributed by atoms with Gasteiger partial charge in [-0.2, -0.15) is 4.98 Å². The van der Waals surface area contributed by atoms with Gasteiger partial charge in [0, 0.05) is 19.9 Å². The number of ether oxygens (including phenoxy) is 6. The molecule has 1 atom stereocenters. The predicted molar refractivity (Wildman–Crippen MR) is 169 cm³/mol. The maximum Gasteiger partial charge on any atom is 0.413 e. The van der Waals surface area contributed by atoms with Gasteiger partial charge in [0.05, 0.1) is 45.7 Å². The fraction of sp³-hybridized carbons (Fsp3) is 0.548. The monoisotopic (exact) mass is 663 g/mol. The third-order valence-electron chi connectivity index (χ3n) is 5.89. The van der Waals surface area contributed by atoms with Gasteiger partial charge in [0.2, 0.25) is 5.91 Å². The number of carbonyl (C=O) groups is 4. The van der Waals surface area contributed by atoms with Crippen molar-refractivity contribution in [3.8, 4) is 0 Å². The van der Waals surface area contributed by atoms with Gasteiger partial charge in [0.25, 0.3) is 0 Å². The topological polar surface area (TPSA) is 186 Å². The summed E-state index contributed by atoms with van der Waals surface area (Å²) in [6, 6.07) is 9.54. The average Bonchev–Trinajstić information content (AvgIpc) is 3.00. The van der Waals surface area contributed by atoms with Gasteiger partial charge < -0.3 is 38.6 Å². The molecule has 0 unspecified atom stereocenters. The number of anilines is 1. The Labute approximate surface area is 273 Å². The molecule has 0 aliphatic carbocycles. The van der Waals surface area contributed by atoms with Crippen LogP contribution in [0, 0.1) is 0 Å². The van der Waals surface area contributed by atoms with Gasteiger partial charge in [0.1, 0.15) is 31.1 Å². The number of hydrogen-bond acceptors (Lipinski definition) is 12. The molecule has 0 radical (unpaired) electrons. The minimum absolute atomic E-state index is 0.0194. The zero-order valence-electron chi connectivity index (χ0n) is 27.5. The molecule has 2 N–H and O–H groups in total. The van der Waals surface area contributed by atoms with E-state index in [9.17, 15) is 24.0 Å². The molecule has 260 valence electrons. The average molecular weight is 664 g/mol. The van der Waals surface area contributed by atoms with Crippen LogP contribution in [0.15, 0.2) is 47.4 Å². The molecule has 1 aromatic heterocycles. The molecule has 0 saturated carbocycles. The summed E-state index contributed by atoms with van der Waals surface area (Å²) >= 11 is 0. The molecule has 0 aliphatic rings. The number of rotatable bonds is 19. The first-order chi connectivity index (χ1) is 22.4. The van der Waals surface area contributed by atoms with Gasteiger partial charge in [-0.3, -0.25) is 19.5 Å². The highest BCUT2D eigenvalue weighted by Crippen LogP contribution is 2.08. The molecular weight excluding hydrogens is 618 g/mol. The van der Waals surface area contributed by atoms with Crippen molar-refractivity contribution in [1.82, 2.24) is 19.8 Å². The van der Waals surface area contributed by atoms with E-state index in [4.69, 9.17) is 28.4 Å². The van der Waals surface area contributed by atoms with Crippen LogP contribution in [0.5, 0.6) is 0 Å². The smallest absolute Gasteiger partial charge is 0.413 e. The fourth-order valence-electron chi connectivity index (χ4n) is 3.81. The summed E-state index contributed by atoms with van der Waals surface area (Å²) in [6.07, 6.45) is -0.301. The number of amides is 3. The number of methoxy groups -OCH3 is 1. The summed E-state index contributed by atoms with van der Waals surface area (Å²) in [6.45, 7) is 6.87. The molecular formula is C31H45N5O11. The van der Waals surface area contributed by atoms with E-state index < -0.39 is 54.5 Å². The van der Waals surface area contributed by atoms with Crippen LogP contribution in [-0.4, -0.2) is 110 Å². The van der Waals surface area contributed by atoms with E-state index in [0.717, 1.165) is 15.0 Å². The Hall–Kier alpha value is -4.54. The zero-order chi connectivity index (χ0) is 34.7. The number of nitrogens with zero attached hydrogens (tertiary/aromatic N) is 3. The summed E-state index contributed by atoms with van der Waals surface area (Å²) < 4.78 is 32.5. The van der Waals surface area contributed by atoms with Crippen LogP contribution in [0.4, 0.5) is 15.4 Å². The molecule has 0 bridgehead atoms. The normalized spacial score (nSPS) is 11.7. The lowest BCUT2D eigenvalue weighted by Gasteiger charge is -2.29. The molecule has 2 aromatic rings. The highest BCUT2D eigenvalue weighted by molar-refractivity contribution is 5.83. The van der Waals surface area contributed by atoms with Crippen molar-refractivity contribution in [2.45, 2.75) is 52.5 Å². The second-order valence-electron chi connectivity index (χ2n) is 11.0. The number of carbonyl (C=O) groups excluding carboxylic acids is 4. The second-order valence-corrected chi connectivity index (χ2v) is 11.0. The van der Waals surface area contributed by atoms with Crippen molar-refractivity contribution >= 4 is 29.9 Å². The largest absolute Gasteiger partial charge is 0.465 e. The van der Waals surface area contributed by atoms with Crippen LogP contribution in [0.2, 0.25) is 0 Å². The van der Waals surface area contributed by atoms with E-state index in [1.165, 1.54) is 12.3 Å². The van der Waals surface area contributed by atoms with E-state index in [2.05, 4.69) is 15.6 Å². The highest BCUT2D eigenvalue weighted by atomic mass is 16.6. The van der Waals surface area contributed by atoms with Crippen molar-refractivity contribution < 1.29 is 47.6 Å². The minimum Gasteiger partial charge on any atom is -0.465 e. The summed E-state index contributed by atoms with van der Waals surface area (Å²) in [5, 5.41) is 5.04. The van der Waals surface area contributed by atoms with Crippen LogP contribution in [0.25, 0.3) is 0 Å². The Balaban J connectivity index is 2.11. The summed E-state index contributed by atoms with van der Waals surface area (Å²) in [5.74, 6) is -1.42. The van der Waals surface area contributed by atoms with Gasteiger partial charge in [-0.15, -0.1) is 0 Å². The lowest BCUT2D eigenvalue weighted by atomic mass is 10.2. The van der Waals surface area contributed by atoms with Gasteiger partial charge in [-0.25, -0.2) is 14.4 Å². The molecule has 3 amide bonds. The van der Waals surface area contributed by atoms with Crippen LogP contribution >= 0.6 is 0 Å². The fourth-order valence-corrected chi connectivity index (χ4v) is 3.81. The maximum atomic E-state index is 13.4. The van der Waals surface area contributed by atoms with Gasteiger partial charge >= 0.3 is 23.8 Å². The van der Waals surface area contributed by atoms with E-state index >= 15 is 0 Å². The standard InChI is InChI=1S/C31H45N5O11/c1-6-45-27(38)20-36(18-24(32-30(41)47-31(2,3)4)22-44-17-16-43-15-14-42-5)26(37)19-35-13-12-25(33-28(35)39)34-29(40)46-21-23-10-8-7-9-11-23/h7-13,24H,6,14-22H2,1-5H3,(H,32,41)(H,33,34,39,40)/t24-/m1/s1. The number of alkyl carbamates (subject to hydrolysis) is 1. The lowest BCUT2D eigenvalue weighted by molar-refractivity contribution is -0.149. The van der Waals surface area contributed by atoms with Crippen molar-refractivity contribution in [2.75, 3.05) is 65.2 Å². The van der Waals surface area contributed by atoms with E-state index in [1.807, 2.05) is 6.07 Å². The molecule has 2 rings (SSSR count). The Morgan fingerprint density at radius 2 is 1.66 bits per heavy atom. The summed E-state index contributed by atoms with van der Waals surface area (Å²) in [7, 11) is 1.56. The van der Waals surface area contributed by atoms with Crippen molar-refractivity contribution in [2.24, 2.45) is 0 Å². The number of aromatic nitrogens is 2. The molecule has 1 aromatic carbocycles. The quantitative estimate of drug-likeness (QED) is 0.127. The Bertz CT molecular complexity index is 1330. The molecule has 16 heteroatoms. The SMILES string of the molecule is CCOC(=O)CN(C[C@H](COCCOCCOC)NC(=O)OC(C)(C)C)C(=O)Cn1ccc(NC(=O)OCc2ccccc2)nc1=O. The first-order valence-corrected chi connectivity index (χ1v) is 15.0.